The number of hydrogen-bond acceptors (Lipinski definition) is 5. The minimum Gasteiger partial charge on any atom is -0.358 e. The second-order valence-corrected chi connectivity index (χ2v) is 6.82. The zero-order valence-corrected chi connectivity index (χ0v) is 12.8. The summed E-state index contributed by atoms with van der Waals surface area (Å²) in [7, 11) is -2.21. The summed E-state index contributed by atoms with van der Waals surface area (Å²) >= 11 is 0. The Balaban J connectivity index is 2.33. The largest absolute Gasteiger partial charge is 0.358 e. The number of nitrogens with one attached hydrogen (secondary N) is 1. The number of carbonyl (C=O) groups excluding carboxylic acids is 1. The molecule has 1 aliphatic heterocycles. The van der Waals surface area contributed by atoms with Gasteiger partial charge in [-0.05, 0) is 25.0 Å². The number of hydrogen-bond donors (Lipinski definition) is 2. The predicted molar refractivity (Wildman–Crippen MR) is 77.7 cm³/mol. The molecule has 0 spiro atoms. The van der Waals surface area contributed by atoms with Crippen molar-refractivity contribution in [2.75, 3.05) is 13.6 Å². The fraction of sp³-hybridized carbons (Fsp3) is 0.538. The molecule has 1 saturated heterocycles. The van der Waals surface area contributed by atoms with E-state index in [0.717, 1.165) is 12.8 Å². The Morgan fingerprint density at radius 2 is 2.24 bits per heavy atom. The molecule has 1 aliphatic rings. The fourth-order valence-corrected chi connectivity index (χ4v) is 4.04. The summed E-state index contributed by atoms with van der Waals surface area (Å²) in [6, 6.07) is 2.43. The molecular weight excluding hydrogens is 292 g/mol. The third-order valence-electron chi connectivity index (χ3n) is 3.62. The average molecular weight is 312 g/mol. The molecule has 1 atom stereocenters. The molecule has 1 aromatic heterocycles. The molecular formula is C13H20N4O3S. The van der Waals surface area contributed by atoms with Gasteiger partial charge >= 0.3 is 0 Å². The summed E-state index contributed by atoms with van der Waals surface area (Å²) < 4.78 is 26.7. The number of rotatable bonds is 4. The van der Waals surface area contributed by atoms with Crippen LogP contribution in [0.5, 0.6) is 0 Å². The van der Waals surface area contributed by atoms with Gasteiger partial charge in [0, 0.05) is 26.3 Å². The standard InChI is InChI=1S/C13H20N4O3S/c1-15-13(18)12-4-2-3-7-17(12)21(19,20)11-6-5-10(8-14)16-9-11/h5-6,9,12H,2-4,7-8,14H2,1H3,(H,15,18). The van der Waals surface area contributed by atoms with E-state index in [1.807, 2.05) is 0 Å². The van der Waals surface area contributed by atoms with Crippen LogP contribution in [0.15, 0.2) is 23.2 Å². The van der Waals surface area contributed by atoms with Crippen LogP contribution in [-0.2, 0) is 21.4 Å². The number of piperidine rings is 1. The second kappa shape index (κ2) is 6.50. The van der Waals surface area contributed by atoms with E-state index in [9.17, 15) is 13.2 Å². The normalized spacial score (nSPS) is 20.2. The topological polar surface area (TPSA) is 105 Å². The van der Waals surface area contributed by atoms with Crippen molar-refractivity contribution in [2.24, 2.45) is 5.73 Å². The number of amides is 1. The van der Waals surface area contributed by atoms with Gasteiger partial charge in [0.15, 0.2) is 0 Å². The number of likely N-dealkylation sites (N-methyl/N-ethyl adjacent to an activating group) is 1. The fourth-order valence-electron chi connectivity index (χ4n) is 2.44. The Kier molecular flexibility index (Phi) is 4.92. The van der Waals surface area contributed by atoms with E-state index < -0.39 is 16.1 Å². The molecule has 1 amide bonds. The van der Waals surface area contributed by atoms with E-state index in [0.29, 0.717) is 18.7 Å². The van der Waals surface area contributed by atoms with Crippen molar-refractivity contribution in [2.45, 2.75) is 36.7 Å². The molecule has 7 nitrogen and oxygen atoms in total. The van der Waals surface area contributed by atoms with E-state index in [2.05, 4.69) is 10.3 Å². The van der Waals surface area contributed by atoms with Crippen LogP contribution in [0.3, 0.4) is 0 Å². The first-order valence-electron chi connectivity index (χ1n) is 6.89. The summed E-state index contributed by atoms with van der Waals surface area (Å²) in [6.45, 7) is 0.601. The van der Waals surface area contributed by atoms with Gasteiger partial charge < -0.3 is 11.1 Å². The van der Waals surface area contributed by atoms with E-state index in [4.69, 9.17) is 5.73 Å². The molecule has 2 heterocycles. The quantitative estimate of drug-likeness (QED) is 0.803. The molecule has 1 unspecified atom stereocenters. The SMILES string of the molecule is CNC(=O)C1CCCCN1S(=O)(=O)c1ccc(CN)nc1. The smallest absolute Gasteiger partial charge is 0.245 e. The van der Waals surface area contributed by atoms with Gasteiger partial charge in [-0.25, -0.2) is 8.42 Å². The van der Waals surface area contributed by atoms with Gasteiger partial charge in [-0.2, -0.15) is 4.31 Å². The van der Waals surface area contributed by atoms with Crippen molar-refractivity contribution >= 4 is 15.9 Å². The van der Waals surface area contributed by atoms with Crippen LogP contribution in [0.4, 0.5) is 0 Å². The average Bonchev–Trinajstić information content (AvgIpc) is 2.54. The summed E-state index contributed by atoms with van der Waals surface area (Å²) in [5, 5.41) is 2.53. The highest BCUT2D eigenvalue weighted by Crippen LogP contribution is 2.25. The van der Waals surface area contributed by atoms with Crippen LogP contribution in [0.2, 0.25) is 0 Å². The molecule has 116 valence electrons. The van der Waals surface area contributed by atoms with E-state index in [1.54, 1.807) is 6.07 Å². The van der Waals surface area contributed by atoms with Crippen LogP contribution < -0.4 is 11.1 Å². The molecule has 0 saturated carbocycles. The van der Waals surface area contributed by atoms with Gasteiger partial charge in [0.05, 0.1) is 5.69 Å². The first kappa shape index (κ1) is 15.9. The van der Waals surface area contributed by atoms with Crippen LogP contribution in [0, 0.1) is 0 Å². The van der Waals surface area contributed by atoms with Crippen LogP contribution in [0.25, 0.3) is 0 Å². The van der Waals surface area contributed by atoms with E-state index in [1.165, 1.54) is 23.6 Å². The number of sulfonamides is 1. The Bertz CT molecular complexity index is 600. The van der Waals surface area contributed by atoms with Gasteiger partial charge in [0.25, 0.3) is 0 Å². The zero-order valence-electron chi connectivity index (χ0n) is 11.9. The first-order valence-corrected chi connectivity index (χ1v) is 8.33. The van der Waals surface area contributed by atoms with Crippen molar-refractivity contribution in [3.05, 3.63) is 24.0 Å². The molecule has 1 aromatic rings. The molecule has 1 fully saturated rings. The molecule has 2 rings (SSSR count). The number of aromatic nitrogens is 1. The second-order valence-electron chi connectivity index (χ2n) is 4.93. The Labute approximate surface area is 124 Å². The Morgan fingerprint density at radius 1 is 1.48 bits per heavy atom. The highest BCUT2D eigenvalue weighted by Gasteiger charge is 2.37. The van der Waals surface area contributed by atoms with Crippen molar-refractivity contribution in [3.63, 3.8) is 0 Å². The van der Waals surface area contributed by atoms with Gasteiger partial charge in [-0.15, -0.1) is 0 Å². The van der Waals surface area contributed by atoms with Gasteiger partial charge in [-0.3, -0.25) is 9.78 Å². The first-order chi connectivity index (χ1) is 10.0. The summed E-state index contributed by atoms with van der Waals surface area (Å²) in [6.07, 6.45) is 3.43. The number of pyridine rings is 1. The highest BCUT2D eigenvalue weighted by molar-refractivity contribution is 7.89. The highest BCUT2D eigenvalue weighted by atomic mass is 32.2. The van der Waals surface area contributed by atoms with Crippen LogP contribution >= 0.6 is 0 Å². The van der Waals surface area contributed by atoms with Crippen molar-refractivity contribution in [1.82, 2.24) is 14.6 Å². The van der Waals surface area contributed by atoms with Gasteiger partial charge in [0.1, 0.15) is 10.9 Å². The Hall–Kier alpha value is -1.51. The maximum atomic E-state index is 12.7. The number of nitrogens with zero attached hydrogens (tertiary/aromatic N) is 2. The van der Waals surface area contributed by atoms with Gasteiger partial charge in [0.2, 0.25) is 15.9 Å². The lowest BCUT2D eigenvalue weighted by Crippen LogP contribution is -2.51. The lowest BCUT2D eigenvalue weighted by molar-refractivity contribution is -0.125. The molecule has 0 aromatic carbocycles. The van der Waals surface area contributed by atoms with E-state index in [-0.39, 0.29) is 17.3 Å². The molecule has 8 heteroatoms. The van der Waals surface area contributed by atoms with Crippen molar-refractivity contribution in [1.29, 1.82) is 0 Å². The summed E-state index contributed by atoms with van der Waals surface area (Å²) in [5.74, 6) is -0.273. The third-order valence-corrected chi connectivity index (χ3v) is 5.51. The third kappa shape index (κ3) is 3.22. The van der Waals surface area contributed by atoms with Crippen LogP contribution in [-0.4, -0.2) is 43.2 Å². The maximum absolute atomic E-state index is 12.7. The summed E-state index contributed by atoms with van der Waals surface area (Å²) in [5.41, 5.74) is 6.08. The zero-order chi connectivity index (χ0) is 15.5. The Morgan fingerprint density at radius 3 is 2.81 bits per heavy atom. The molecule has 0 aliphatic carbocycles. The minimum atomic E-state index is -3.72. The lowest BCUT2D eigenvalue weighted by atomic mass is 10.0. The minimum absolute atomic E-state index is 0.0931. The molecule has 21 heavy (non-hydrogen) atoms. The maximum Gasteiger partial charge on any atom is 0.245 e. The van der Waals surface area contributed by atoms with Crippen molar-refractivity contribution in [3.8, 4) is 0 Å². The molecule has 0 radical (unpaired) electrons. The monoisotopic (exact) mass is 312 g/mol. The van der Waals surface area contributed by atoms with Gasteiger partial charge in [-0.1, -0.05) is 6.42 Å². The van der Waals surface area contributed by atoms with Crippen LogP contribution in [0.1, 0.15) is 25.0 Å². The number of nitrogens with two attached hydrogens (primary N) is 1. The lowest BCUT2D eigenvalue weighted by Gasteiger charge is -2.33. The summed E-state index contributed by atoms with van der Waals surface area (Å²) in [4.78, 5) is 16.0. The number of carbonyl (C=O) groups is 1. The van der Waals surface area contributed by atoms with Crippen molar-refractivity contribution < 1.29 is 13.2 Å². The molecule has 0 bridgehead atoms. The van der Waals surface area contributed by atoms with E-state index >= 15 is 0 Å². The predicted octanol–water partition coefficient (Wildman–Crippen LogP) is -0.170. The molecule has 3 N–H and O–H groups in total.